The monoisotopic (exact) mass is 512 g/mol. The summed E-state index contributed by atoms with van der Waals surface area (Å²) in [5, 5.41) is 14.1. The number of hydrogen-bond acceptors (Lipinski definition) is 7. The summed E-state index contributed by atoms with van der Waals surface area (Å²) in [6, 6.07) is 15.7. The molecule has 0 spiro atoms. The van der Waals surface area contributed by atoms with Crippen molar-refractivity contribution in [3.63, 3.8) is 0 Å². The van der Waals surface area contributed by atoms with E-state index >= 15 is 0 Å². The van der Waals surface area contributed by atoms with E-state index in [1.54, 1.807) is 17.4 Å². The van der Waals surface area contributed by atoms with Crippen LogP contribution in [0.25, 0.3) is 22.5 Å². The molecule has 0 saturated carbocycles. The van der Waals surface area contributed by atoms with Crippen LogP contribution in [-0.2, 0) is 6.54 Å². The van der Waals surface area contributed by atoms with Gasteiger partial charge < -0.3 is 10.1 Å². The van der Waals surface area contributed by atoms with Crippen LogP contribution >= 0.6 is 11.3 Å². The summed E-state index contributed by atoms with van der Waals surface area (Å²) in [5.74, 6) is 2.84. The van der Waals surface area contributed by atoms with Gasteiger partial charge in [0.05, 0.1) is 16.3 Å². The third kappa shape index (κ3) is 6.15. The minimum absolute atomic E-state index is 0.586. The first-order valence-corrected chi connectivity index (χ1v) is 13.5. The lowest BCUT2D eigenvalue weighted by Gasteiger charge is -2.31. The summed E-state index contributed by atoms with van der Waals surface area (Å²) in [4.78, 5) is 12.8. The molecular weight excluding hydrogens is 480 g/mol. The molecule has 1 saturated heterocycles. The van der Waals surface area contributed by atoms with E-state index in [0.29, 0.717) is 11.7 Å². The molecule has 0 aliphatic carbocycles. The lowest BCUT2D eigenvalue weighted by Crippen LogP contribution is -2.36. The lowest BCUT2D eigenvalue weighted by atomic mass is 9.97. The molecule has 5 rings (SSSR count). The van der Waals surface area contributed by atoms with Crippen LogP contribution in [0.4, 0.5) is 5.82 Å². The Morgan fingerprint density at radius 2 is 1.97 bits per heavy atom. The Hall–Kier alpha value is -3.75. The average molecular weight is 513 g/mol. The third-order valence-electron chi connectivity index (χ3n) is 6.57. The van der Waals surface area contributed by atoms with E-state index in [9.17, 15) is 0 Å². The van der Waals surface area contributed by atoms with E-state index in [4.69, 9.17) is 4.74 Å². The Labute approximate surface area is 221 Å². The Kier molecular flexibility index (Phi) is 8.08. The van der Waals surface area contributed by atoms with Crippen LogP contribution in [0.15, 0.2) is 73.6 Å². The van der Waals surface area contributed by atoms with Crippen LogP contribution in [0, 0.1) is 5.92 Å². The molecule has 1 aromatic carbocycles. The summed E-state index contributed by atoms with van der Waals surface area (Å²) in [7, 11) is 0. The number of likely N-dealkylation sites (tertiary alicyclic amines) is 1. The number of para-hydroxylation sites is 1. The van der Waals surface area contributed by atoms with Gasteiger partial charge in [0.2, 0.25) is 0 Å². The highest BCUT2D eigenvalue weighted by atomic mass is 32.1. The second-order valence-electron chi connectivity index (χ2n) is 9.08. The van der Waals surface area contributed by atoms with Gasteiger partial charge in [-0.3, -0.25) is 15.0 Å². The van der Waals surface area contributed by atoms with Crippen LogP contribution < -0.4 is 20.6 Å². The van der Waals surface area contributed by atoms with Gasteiger partial charge >= 0.3 is 0 Å². The number of nitrogens with zero attached hydrogens (tertiary/aromatic N) is 4. The number of ether oxygens (including phenoxy) is 1. The van der Waals surface area contributed by atoms with Gasteiger partial charge in [-0.25, -0.2) is 4.98 Å². The molecule has 1 aliphatic heterocycles. The van der Waals surface area contributed by atoms with Gasteiger partial charge in [0.15, 0.2) is 5.82 Å². The summed E-state index contributed by atoms with van der Waals surface area (Å²) in [6.45, 7) is 9.93. The number of H-pyrrole nitrogens is 1. The van der Waals surface area contributed by atoms with Crippen molar-refractivity contribution in [2.75, 3.05) is 25.0 Å². The number of benzene rings is 1. The van der Waals surface area contributed by atoms with E-state index in [-0.39, 0.29) is 0 Å². The fraction of sp³-hybridized carbons (Fsp3) is 0.276. The predicted molar refractivity (Wildman–Crippen MR) is 150 cm³/mol. The van der Waals surface area contributed by atoms with Crippen molar-refractivity contribution in [1.29, 1.82) is 0 Å². The SMILES string of the molecule is C=CC(Oc1ccccc1)=c1c(NCC2CCN(Cc3cnc(-c4ccccn4)s3)CC2)n[nH]c1=CC. The molecule has 1 fully saturated rings. The molecule has 0 unspecified atom stereocenters. The Balaban J connectivity index is 1.19. The minimum Gasteiger partial charge on any atom is -0.457 e. The summed E-state index contributed by atoms with van der Waals surface area (Å²) in [5.41, 5.74) is 0.941. The highest BCUT2D eigenvalue weighted by Crippen LogP contribution is 2.26. The van der Waals surface area contributed by atoms with E-state index in [2.05, 4.69) is 37.0 Å². The predicted octanol–water partition coefficient (Wildman–Crippen LogP) is 4.43. The number of rotatable bonds is 9. The zero-order valence-corrected chi connectivity index (χ0v) is 21.9. The fourth-order valence-electron chi connectivity index (χ4n) is 4.55. The largest absolute Gasteiger partial charge is 0.457 e. The molecule has 3 aromatic heterocycles. The van der Waals surface area contributed by atoms with Crippen LogP contribution in [0.3, 0.4) is 0 Å². The number of aromatic amines is 1. The smallest absolute Gasteiger partial charge is 0.159 e. The first kappa shape index (κ1) is 24.9. The number of anilines is 1. The third-order valence-corrected chi connectivity index (χ3v) is 7.57. The van der Waals surface area contributed by atoms with Crippen LogP contribution in [0.2, 0.25) is 0 Å². The first-order valence-electron chi connectivity index (χ1n) is 12.7. The quantitative estimate of drug-likeness (QED) is 0.346. The molecule has 0 bridgehead atoms. The summed E-state index contributed by atoms with van der Waals surface area (Å²) in [6.07, 6.45) is 9.84. The van der Waals surface area contributed by atoms with Gasteiger partial charge in [0, 0.05) is 30.4 Å². The van der Waals surface area contributed by atoms with Crippen LogP contribution in [0.5, 0.6) is 5.75 Å². The maximum absolute atomic E-state index is 6.15. The zero-order valence-electron chi connectivity index (χ0n) is 21.1. The molecule has 0 radical (unpaired) electrons. The van der Waals surface area contributed by atoms with E-state index in [0.717, 1.165) is 71.9 Å². The summed E-state index contributed by atoms with van der Waals surface area (Å²) >= 11 is 1.73. The molecule has 8 heteroatoms. The zero-order chi connectivity index (χ0) is 25.5. The molecule has 37 heavy (non-hydrogen) atoms. The van der Waals surface area contributed by atoms with E-state index in [1.807, 2.05) is 73.9 Å². The molecule has 1 aliphatic rings. The van der Waals surface area contributed by atoms with Crippen LogP contribution in [-0.4, -0.2) is 44.7 Å². The van der Waals surface area contributed by atoms with Gasteiger partial charge in [-0.1, -0.05) is 36.9 Å². The van der Waals surface area contributed by atoms with Gasteiger partial charge in [-0.05, 0) is 69.1 Å². The van der Waals surface area contributed by atoms with Gasteiger partial charge in [0.1, 0.15) is 16.5 Å². The molecule has 0 amide bonds. The molecule has 4 heterocycles. The van der Waals surface area contributed by atoms with Crippen LogP contribution in [0.1, 0.15) is 24.6 Å². The number of aromatic nitrogens is 4. The highest BCUT2D eigenvalue weighted by molar-refractivity contribution is 7.14. The summed E-state index contributed by atoms with van der Waals surface area (Å²) < 4.78 is 6.15. The number of thiazole rings is 1. The van der Waals surface area contributed by atoms with Crippen molar-refractivity contribution in [2.45, 2.75) is 26.3 Å². The first-order chi connectivity index (χ1) is 18.2. The second kappa shape index (κ2) is 12.0. The number of hydrogen-bond donors (Lipinski definition) is 2. The number of piperidine rings is 1. The standard InChI is InChI=1S/C29H32N6OS/c1-3-24-27(26(4-2)36-22-10-6-5-7-11-22)28(34-33-24)31-18-21-13-16-35(17-14-21)20-23-19-32-29(37-23)25-12-8-9-15-30-25/h3-12,15,19,21,33H,2,13-14,16-18,20H2,1H3,(H,31,34). The van der Waals surface area contributed by atoms with Gasteiger partial charge in [0.25, 0.3) is 0 Å². The van der Waals surface area contributed by atoms with Crippen molar-refractivity contribution in [2.24, 2.45) is 5.92 Å². The van der Waals surface area contributed by atoms with Crippen molar-refractivity contribution < 1.29 is 4.74 Å². The van der Waals surface area contributed by atoms with Crippen molar-refractivity contribution in [3.05, 3.63) is 89.0 Å². The maximum atomic E-state index is 6.15. The Morgan fingerprint density at radius 3 is 2.70 bits per heavy atom. The van der Waals surface area contributed by atoms with E-state index < -0.39 is 0 Å². The van der Waals surface area contributed by atoms with Crippen molar-refractivity contribution in [1.82, 2.24) is 25.1 Å². The Bertz CT molecular complexity index is 1420. The fourth-order valence-corrected chi connectivity index (χ4v) is 5.48. The lowest BCUT2D eigenvalue weighted by molar-refractivity contribution is 0.183. The van der Waals surface area contributed by atoms with E-state index in [1.165, 1.54) is 4.88 Å². The minimum atomic E-state index is 0.586. The second-order valence-corrected chi connectivity index (χ2v) is 10.2. The van der Waals surface area contributed by atoms with Crippen molar-refractivity contribution in [3.8, 4) is 16.5 Å². The van der Waals surface area contributed by atoms with Gasteiger partial charge in [-0.2, -0.15) is 5.10 Å². The van der Waals surface area contributed by atoms with Gasteiger partial charge in [-0.15, -0.1) is 11.3 Å². The molecule has 7 nitrogen and oxygen atoms in total. The highest BCUT2D eigenvalue weighted by Gasteiger charge is 2.21. The average Bonchev–Trinajstić information content (AvgIpc) is 3.59. The number of nitrogens with one attached hydrogen (secondary N) is 2. The normalized spacial score (nSPS) is 16.0. The molecule has 0 atom stereocenters. The topological polar surface area (TPSA) is 79.0 Å². The Morgan fingerprint density at radius 1 is 1.16 bits per heavy atom. The molecule has 190 valence electrons. The number of pyridine rings is 1. The maximum Gasteiger partial charge on any atom is 0.159 e. The van der Waals surface area contributed by atoms with Crippen molar-refractivity contribution >= 4 is 29.0 Å². The molecule has 2 N–H and O–H groups in total. The molecular formula is C29H32N6OS. The molecule has 4 aromatic rings.